The van der Waals surface area contributed by atoms with Gasteiger partial charge in [-0.2, -0.15) is 0 Å². The maximum Gasteiger partial charge on any atom is 0.0852 e. The van der Waals surface area contributed by atoms with Crippen molar-refractivity contribution in [2.75, 3.05) is 0 Å². The lowest BCUT2D eigenvalue weighted by Gasteiger charge is -2.03. The van der Waals surface area contributed by atoms with Crippen molar-refractivity contribution in [2.24, 2.45) is 0 Å². The van der Waals surface area contributed by atoms with Gasteiger partial charge in [0.2, 0.25) is 0 Å². The first-order chi connectivity index (χ1) is 9.22. The Morgan fingerprint density at radius 3 is 2.58 bits per heavy atom. The zero-order valence-corrected chi connectivity index (χ0v) is 11.2. The van der Waals surface area contributed by atoms with E-state index < -0.39 is 0 Å². The molecule has 2 aromatic carbocycles. The number of aromatic nitrogens is 3. The molecule has 0 atom stereocenters. The van der Waals surface area contributed by atoms with Gasteiger partial charge in [-0.05, 0) is 28.3 Å². The summed E-state index contributed by atoms with van der Waals surface area (Å²) in [5.41, 5.74) is 2.29. The molecule has 3 heteroatoms. The predicted molar refractivity (Wildman–Crippen MR) is 77.2 cm³/mol. The van der Waals surface area contributed by atoms with Gasteiger partial charge in [0.15, 0.2) is 0 Å². The molecule has 0 amide bonds. The van der Waals surface area contributed by atoms with Gasteiger partial charge < -0.3 is 0 Å². The molecule has 0 aliphatic heterocycles. The molecule has 0 bridgehead atoms. The zero-order valence-electron chi connectivity index (χ0n) is 11.2. The molecule has 0 N–H and O–H groups in total. The molecule has 19 heavy (non-hydrogen) atoms. The van der Waals surface area contributed by atoms with Gasteiger partial charge in [-0.25, -0.2) is 4.68 Å². The minimum absolute atomic E-state index is 0.422. The largest absolute Gasteiger partial charge is 0.248 e. The van der Waals surface area contributed by atoms with Gasteiger partial charge in [0.25, 0.3) is 0 Å². The minimum atomic E-state index is 0.422. The first kappa shape index (κ1) is 11.9. The monoisotopic (exact) mass is 251 g/mol. The summed E-state index contributed by atoms with van der Waals surface area (Å²) in [6.07, 6.45) is 2.03. The van der Waals surface area contributed by atoms with E-state index in [4.69, 9.17) is 0 Å². The molecule has 1 aromatic heterocycles. The van der Waals surface area contributed by atoms with E-state index in [1.165, 1.54) is 16.3 Å². The zero-order chi connectivity index (χ0) is 13.2. The van der Waals surface area contributed by atoms with Crippen LogP contribution >= 0.6 is 0 Å². The fraction of sp³-hybridized carbons (Fsp3) is 0.250. The standard InChI is InChI=1S/C16H17N3/c1-12(2)16-11-19(18-17-16)10-13-7-8-14-5-3-4-6-15(14)9-13/h3-9,11-12H,10H2,1-2H3. The molecule has 0 spiro atoms. The van der Waals surface area contributed by atoms with Crippen LogP contribution in [0.5, 0.6) is 0 Å². The van der Waals surface area contributed by atoms with Crippen LogP contribution in [0.2, 0.25) is 0 Å². The molecule has 1 heterocycles. The van der Waals surface area contributed by atoms with Crippen LogP contribution in [0.3, 0.4) is 0 Å². The summed E-state index contributed by atoms with van der Waals surface area (Å²) in [5.74, 6) is 0.422. The SMILES string of the molecule is CC(C)c1cn(Cc2ccc3ccccc3c2)nn1. The maximum atomic E-state index is 4.19. The maximum absolute atomic E-state index is 4.19. The average Bonchev–Trinajstić information content (AvgIpc) is 2.87. The Bertz CT molecular complexity index is 698. The van der Waals surface area contributed by atoms with E-state index in [1.807, 2.05) is 10.9 Å². The van der Waals surface area contributed by atoms with Gasteiger partial charge >= 0.3 is 0 Å². The van der Waals surface area contributed by atoms with E-state index in [2.05, 4.69) is 66.6 Å². The van der Waals surface area contributed by atoms with E-state index >= 15 is 0 Å². The molecule has 3 aromatic rings. The van der Waals surface area contributed by atoms with E-state index in [0.29, 0.717) is 5.92 Å². The molecule has 0 fully saturated rings. The normalized spacial score (nSPS) is 11.3. The Labute approximate surface area is 112 Å². The van der Waals surface area contributed by atoms with Gasteiger partial charge in [0.05, 0.1) is 12.2 Å². The lowest BCUT2D eigenvalue weighted by atomic mass is 10.1. The molecule has 0 saturated heterocycles. The molecule has 0 saturated carbocycles. The van der Waals surface area contributed by atoms with Crippen LogP contribution in [0, 0.1) is 0 Å². The van der Waals surface area contributed by atoms with Crippen molar-refractivity contribution in [2.45, 2.75) is 26.3 Å². The number of fused-ring (bicyclic) bond motifs is 1. The highest BCUT2D eigenvalue weighted by Crippen LogP contribution is 2.16. The Morgan fingerprint density at radius 1 is 1.05 bits per heavy atom. The van der Waals surface area contributed by atoms with Gasteiger partial charge in [-0.3, -0.25) is 0 Å². The van der Waals surface area contributed by atoms with Crippen molar-refractivity contribution in [1.29, 1.82) is 0 Å². The van der Waals surface area contributed by atoms with Crippen molar-refractivity contribution in [3.8, 4) is 0 Å². The van der Waals surface area contributed by atoms with Crippen molar-refractivity contribution in [1.82, 2.24) is 15.0 Å². The Morgan fingerprint density at radius 2 is 1.84 bits per heavy atom. The van der Waals surface area contributed by atoms with Crippen LogP contribution in [-0.4, -0.2) is 15.0 Å². The van der Waals surface area contributed by atoms with Gasteiger partial charge in [-0.1, -0.05) is 55.5 Å². The van der Waals surface area contributed by atoms with Crippen molar-refractivity contribution in [3.05, 3.63) is 59.9 Å². The highest BCUT2D eigenvalue weighted by Gasteiger charge is 2.05. The van der Waals surface area contributed by atoms with Gasteiger partial charge in [0.1, 0.15) is 0 Å². The molecule has 3 rings (SSSR count). The second kappa shape index (κ2) is 4.84. The van der Waals surface area contributed by atoms with Crippen LogP contribution < -0.4 is 0 Å². The number of rotatable bonds is 3. The summed E-state index contributed by atoms with van der Waals surface area (Å²) in [4.78, 5) is 0. The summed E-state index contributed by atoms with van der Waals surface area (Å²) in [7, 11) is 0. The summed E-state index contributed by atoms with van der Waals surface area (Å²) >= 11 is 0. The number of hydrogen-bond acceptors (Lipinski definition) is 2. The summed E-state index contributed by atoms with van der Waals surface area (Å²) in [6, 6.07) is 14.9. The lowest BCUT2D eigenvalue weighted by Crippen LogP contribution is -2.00. The van der Waals surface area contributed by atoms with Crippen LogP contribution in [-0.2, 0) is 6.54 Å². The third-order valence-electron chi connectivity index (χ3n) is 3.31. The molecular formula is C16H17N3. The number of hydrogen-bond donors (Lipinski definition) is 0. The smallest absolute Gasteiger partial charge is 0.0852 e. The van der Waals surface area contributed by atoms with Gasteiger partial charge in [0, 0.05) is 6.20 Å². The molecule has 3 nitrogen and oxygen atoms in total. The molecule has 0 aliphatic carbocycles. The summed E-state index contributed by atoms with van der Waals surface area (Å²) in [6.45, 7) is 5.03. The average molecular weight is 251 g/mol. The van der Waals surface area contributed by atoms with E-state index in [9.17, 15) is 0 Å². The fourth-order valence-electron chi connectivity index (χ4n) is 2.18. The topological polar surface area (TPSA) is 30.7 Å². The third-order valence-corrected chi connectivity index (χ3v) is 3.31. The third kappa shape index (κ3) is 2.50. The summed E-state index contributed by atoms with van der Waals surface area (Å²) < 4.78 is 1.90. The van der Waals surface area contributed by atoms with E-state index in [1.54, 1.807) is 0 Å². The first-order valence-electron chi connectivity index (χ1n) is 6.60. The molecular weight excluding hydrogens is 234 g/mol. The molecule has 0 aliphatic rings. The Balaban J connectivity index is 1.87. The molecule has 96 valence electrons. The van der Waals surface area contributed by atoms with Crippen molar-refractivity contribution in [3.63, 3.8) is 0 Å². The van der Waals surface area contributed by atoms with E-state index in [-0.39, 0.29) is 0 Å². The second-order valence-electron chi connectivity index (χ2n) is 5.18. The fourth-order valence-corrected chi connectivity index (χ4v) is 2.18. The Hall–Kier alpha value is -2.16. The minimum Gasteiger partial charge on any atom is -0.248 e. The quantitative estimate of drug-likeness (QED) is 0.712. The van der Waals surface area contributed by atoms with Crippen LogP contribution in [0.4, 0.5) is 0 Å². The highest BCUT2D eigenvalue weighted by atomic mass is 15.4. The van der Waals surface area contributed by atoms with Crippen molar-refractivity contribution < 1.29 is 0 Å². The lowest BCUT2D eigenvalue weighted by molar-refractivity contribution is 0.649. The van der Waals surface area contributed by atoms with Crippen molar-refractivity contribution >= 4 is 10.8 Å². The van der Waals surface area contributed by atoms with Crippen LogP contribution in [0.25, 0.3) is 10.8 Å². The Kier molecular flexibility index (Phi) is 3.03. The second-order valence-corrected chi connectivity index (χ2v) is 5.18. The van der Waals surface area contributed by atoms with E-state index in [0.717, 1.165) is 12.2 Å². The number of nitrogens with zero attached hydrogens (tertiary/aromatic N) is 3. The predicted octanol–water partition coefficient (Wildman–Crippen LogP) is 3.60. The molecule has 0 radical (unpaired) electrons. The highest BCUT2D eigenvalue weighted by molar-refractivity contribution is 5.82. The summed E-state index contributed by atoms with van der Waals surface area (Å²) in [5, 5.41) is 10.9. The first-order valence-corrected chi connectivity index (χ1v) is 6.60. The van der Waals surface area contributed by atoms with Gasteiger partial charge in [-0.15, -0.1) is 5.10 Å². The number of benzene rings is 2. The molecule has 0 unspecified atom stereocenters. The van der Waals surface area contributed by atoms with Crippen LogP contribution in [0.1, 0.15) is 31.0 Å². The van der Waals surface area contributed by atoms with Crippen LogP contribution in [0.15, 0.2) is 48.7 Å².